The van der Waals surface area contributed by atoms with E-state index in [-0.39, 0.29) is 18.0 Å². The molecule has 29 heavy (non-hydrogen) atoms. The number of rotatable bonds is 5. The molecule has 3 rings (SSSR count). The molecule has 1 aromatic rings. The second-order valence-corrected chi connectivity index (χ2v) is 7.16. The average Bonchev–Trinajstić information content (AvgIpc) is 2.74. The van der Waals surface area contributed by atoms with Gasteiger partial charge in [0.15, 0.2) is 5.96 Å². The Labute approximate surface area is 170 Å². The summed E-state index contributed by atoms with van der Waals surface area (Å²) in [4.78, 5) is 23.0. The molecule has 7 nitrogen and oxygen atoms in total. The number of benzene rings is 1. The lowest BCUT2D eigenvalue weighted by Crippen LogP contribution is -2.54. The Bertz CT molecular complexity index is 717. The van der Waals surface area contributed by atoms with Crippen LogP contribution in [0.15, 0.2) is 23.2 Å². The molecule has 1 amide bonds. The Balaban J connectivity index is 1.53. The van der Waals surface area contributed by atoms with Crippen molar-refractivity contribution in [2.45, 2.75) is 13.5 Å². The molecule has 0 spiro atoms. The number of ether oxygens (including phenoxy) is 1. The van der Waals surface area contributed by atoms with Crippen LogP contribution in [0.1, 0.15) is 12.5 Å². The maximum absolute atomic E-state index is 13.9. The first-order chi connectivity index (χ1) is 14.1. The van der Waals surface area contributed by atoms with Crippen molar-refractivity contribution < 1.29 is 18.3 Å². The Morgan fingerprint density at radius 1 is 1.10 bits per heavy atom. The van der Waals surface area contributed by atoms with Gasteiger partial charge in [0.1, 0.15) is 11.6 Å². The van der Waals surface area contributed by atoms with E-state index in [1.165, 1.54) is 6.07 Å². The molecule has 9 heteroatoms. The summed E-state index contributed by atoms with van der Waals surface area (Å²) in [5.74, 6) is -0.114. The van der Waals surface area contributed by atoms with Crippen LogP contribution in [0.2, 0.25) is 0 Å². The van der Waals surface area contributed by atoms with Crippen molar-refractivity contribution in [2.24, 2.45) is 4.99 Å². The van der Waals surface area contributed by atoms with Gasteiger partial charge < -0.3 is 19.9 Å². The van der Waals surface area contributed by atoms with E-state index < -0.39 is 11.6 Å². The molecule has 1 aromatic carbocycles. The van der Waals surface area contributed by atoms with Crippen LogP contribution in [0.4, 0.5) is 8.78 Å². The molecule has 2 heterocycles. The van der Waals surface area contributed by atoms with Crippen molar-refractivity contribution in [2.75, 3.05) is 65.6 Å². The highest BCUT2D eigenvalue weighted by Gasteiger charge is 2.24. The van der Waals surface area contributed by atoms with Crippen molar-refractivity contribution in [3.63, 3.8) is 0 Å². The SMILES string of the molecule is CCNC(=NCc1cc(F)ccc1F)N1CCN(CC(=O)N2CCOCC2)CC1. The minimum Gasteiger partial charge on any atom is -0.378 e. The second kappa shape index (κ2) is 10.5. The van der Waals surface area contributed by atoms with Crippen molar-refractivity contribution in [3.05, 3.63) is 35.4 Å². The number of halogens is 2. The molecule has 0 radical (unpaired) electrons. The van der Waals surface area contributed by atoms with Crippen LogP contribution in [0, 0.1) is 11.6 Å². The van der Waals surface area contributed by atoms with Gasteiger partial charge >= 0.3 is 0 Å². The lowest BCUT2D eigenvalue weighted by atomic mass is 10.2. The third kappa shape index (κ3) is 6.11. The van der Waals surface area contributed by atoms with E-state index in [0.29, 0.717) is 58.4 Å². The Kier molecular flexibility index (Phi) is 7.76. The number of amides is 1. The predicted octanol–water partition coefficient (Wildman–Crippen LogP) is 0.907. The number of carbonyl (C=O) groups excluding carboxylic acids is 1. The predicted molar refractivity (Wildman–Crippen MR) is 107 cm³/mol. The minimum atomic E-state index is -0.472. The Morgan fingerprint density at radius 2 is 1.83 bits per heavy atom. The summed E-state index contributed by atoms with van der Waals surface area (Å²) < 4.78 is 32.5. The average molecular weight is 409 g/mol. The van der Waals surface area contributed by atoms with Gasteiger partial charge in [0.2, 0.25) is 5.91 Å². The van der Waals surface area contributed by atoms with Gasteiger partial charge in [-0.3, -0.25) is 9.69 Å². The first-order valence-electron chi connectivity index (χ1n) is 10.1. The molecule has 0 atom stereocenters. The van der Waals surface area contributed by atoms with Crippen molar-refractivity contribution in [1.82, 2.24) is 20.0 Å². The Morgan fingerprint density at radius 3 is 2.52 bits per heavy atom. The largest absolute Gasteiger partial charge is 0.378 e. The number of piperazine rings is 1. The maximum Gasteiger partial charge on any atom is 0.236 e. The van der Waals surface area contributed by atoms with Crippen LogP contribution < -0.4 is 5.32 Å². The number of guanidine groups is 1. The van der Waals surface area contributed by atoms with E-state index in [1.807, 2.05) is 11.8 Å². The molecule has 1 N–H and O–H groups in total. The fourth-order valence-corrected chi connectivity index (χ4v) is 3.47. The van der Waals surface area contributed by atoms with Gasteiger partial charge in [0, 0.05) is 51.4 Å². The third-order valence-electron chi connectivity index (χ3n) is 5.14. The van der Waals surface area contributed by atoms with E-state index in [2.05, 4.69) is 20.1 Å². The number of nitrogens with one attached hydrogen (secondary N) is 1. The number of hydrogen-bond donors (Lipinski definition) is 1. The minimum absolute atomic E-state index is 0.0711. The highest BCUT2D eigenvalue weighted by atomic mass is 19.1. The van der Waals surface area contributed by atoms with E-state index >= 15 is 0 Å². The van der Waals surface area contributed by atoms with E-state index in [9.17, 15) is 13.6 Å². The molecule has 2 saturated heterocycles. The van der Waals surface area contributed by atoms with Gasteiger partial charge in [-0.15, -0.1) is 0 Å². The van der Waals surface area contributed by atoms with Crippen LogP contribution in [-0.4, -0.2) is 92.1 Å². The maximum atomic E-state index is 13.9. The van der Waals surface area contributed by atoms with Gasteiger partial charge in [0.05, 0.1) is 26.3 Å². The summed E-state index contributed by atoms with van der Waals surface area (Å²) in [6.07, 6.45) is 0. The first kappa shape index (κ1) is 21.4. The third-order valence-corrected chi connectivity index (χ3v) is 5.14. The van der Waals surface area contributed by atoms with Crippen LogP contribution in [0.5, 0.6) is 0 Å². The van der Waals surface area contributed by atoms with Gasteiger partial charge in [-0.1, -0.05) is 0 Å². The Hall–Kier alpha value is -2.26. The molecule has 2 fully saturated rings. The summed E-state index contributed by atoms with van der Waals surface area (Å²) in [5.41, 5.74) is 0.232. The lowest BCUT2D eigenvalue weighted by molar-refractivity contribution is -0.136. The zero-order chi connectivity index (χ0) is 20.6. The second-order valence-electron chi connectivity index (χ2n) is 7.16. The number of nitrogens with zero attached hydrogens (tertiary/aromatic N) is 4. The molecule has 0 bridgehead atoms. The fraction of sp³-hybridized carbons (Fsp3) is 0.600. The number of carbonyl (C=O) groups is 1. The number of aliphatic imine (C=N–C) groups is 1. The highest BCUT2D eigenvalue weighted by Crippen LogP contribution is 2.12. The van der Waals surface area contributed by atoms with Gasteiger partial charge in [-0.05, 0) is 25.1 Å². The number of hydrogen-bond acceptors (Lipinski definition) is 4. The summed E-state index contributed by atoms with van der Waals surface area (Å²) >= 11 is 0. The summed E-state index contributed by atoms with van der Waals surface area (Å²) in [6.45, 7) is 8.58. The highest BCUT2D eigenvalue weighted by molar-refractivity contribution is 5.80. The summed E-state index contributed by atoms with van der Waals surface area (Å²) in [6, 6.07) is 3.40. The van der Waals surface area contributed by atoms with Crippen molar-refractivity contribution in [1.29, 1.82) is 0 Å². The van der Waals surface area contributed by atoms with E-state index in [4.69, 9.17) is 4.74 Å². The zero-order valence-electron chi connectivity index (χ0n) is 16.9. The number of morpholine rings is 1. The molecular formula is C20H29F2N5O2. The molecule has 2 aliphatic rings. The summed E-state index contributed by atoms with van der Waals surface area (Å²) in [7, 11) is 0. The van der Waals surface area contributed by atoms with Crippen LogP contribution in [-0.2, 0) is 16.1 Å². The monoisotopic (exact) mass is 409 g/mol. The van der Waals surface area contributed by atoms with Crippen molar-refractivity contribution in [3.8, 4) is 0 Å². The summed E-state index contributed by atoms with van der Waals surface area (Å²) in [5, 5.41) is 3.22. The molecule has 160 valence electrons. The fourth-order valence-electron chi connectivity index (χ4n) is 3.47. The van der Waals surface area contributed by atoms with Gasteiger partial charge in [0.25, 0.3) is 0 Å². The smallest absolute Gasteiger partial charge is 0.236 e. The first-order valence-corrected chi connectivity index (χ1v) is 10.1. The zero-order valence-corrected chi connectivity index (χ0v) is 16.9. The molecule has 0 aliphatic carbocycles. The van der Waals surface area contributed by atoms with Crippen LogP contribution in [0.3, 0.4) is 0 Å². The lowest BCUT2D eigenvalue weighted by Gasteiger charge is -2.37. The standard InChI is InChI=1S/C20H29F2N5O2/c1-2-23-20(24-14-16-13-17(21)3-4-18(16)22)27-7-5-25(6-8-27)15-19(28)26-9-11-29-12-10-26/h3-4,13H,2,5-12,14-15H2,1H3,(H,23,24). The van der Waals surface area contributed by atoms with Gasteiger partial charge in [-0.2, -0.15) is 0 Å². The van der Waals surface area contributed by atoms with Gasteiger partial charge in [-0.25, -0.2) is 13.8 Å². The van der Waals surface area contributed by atoms with E-state index in [1.54, 1.807) is 0 Å². The van der Waals surface area contributed by atoms with Crippen LogP contribution >= 0.6 is 0 Å². The van der Waals surface area contributed by atoms with Crippen LogP contribution in [0.25, 0.3) is 0 Å². The molecule has 0 saturated carbocycles. The quantitative estimate of drug-likeness (QED) is 0.579. The molecule has 2 aliphatic heterocycles. The normalized spacial score (nSPS) is 18.8. The molecule has 0 aromatic heterocycles. The van der Waals surface area contributed by atoms with Crippen molar-refractivity contribution >= 4 is 11.9 Å². The topological polar surface area (TPSA) is 60.4 Å². The molecular weight excluding hydrogens is 380 g/mol. The van der Waals surface area contributed by atoms with E-state index in [0.717, 1.165) is 25.2 Å². The molecule has 0 unspecified atom stereocenters.